The van der Waals surface area contributed by atoms with Gasteiger partial charge in [-0.1, -0.05) is 6.07 Å². The zero-order valence-electron chi connectivity index (χ0n) is 18.3. The summed E-state index contributed by atoms with van der Waals surface area (Å²) in [5.41, 5.74) is 0.758. The number of imidazole rings is 1. The molecule has 0 atom stereocenters. The van der Waals surface area contributed by atoms with Crippen LogP contribution in [-0.2, 0) is 27.8 Å². The van der Waals surface area contributed by atoms with E-state index in [0.29, 0.717) is 30.7 Å². The maximum Gasteiger partial charge on any atom is 0.329 e. The Balaban J connectivity index is 1.64. The number of fused-ring (bicyclic) bond motifs is 1. The fourth-order valence-electron chi connectivity index (χ4n) is 4.13. The molecule has 1 aliphatic rings. The lowest BCUT2D eigenvalue weighted by Gasteiger charge is -2.16. The third kappa shape index (κ3) is 4.39. The Morgan fingerprint density at radius 2 is 1.91 bits per heavy atom. The highest BCUT2D eigenvalue weighted by Gasteiger charge is 2.28. The second-order valence-electron chi connectivity index (χ2n) is 8.27. The molecule has 8 nitrogen and oxygen atoms in total. The number of benzene rings is 1. The quantitative estimate of drug-likeness (QED) is 0.541. The first-order chi connectivity index (χ1) is 15.3. The van der Waals surface area contributed by atoms with E-state index in [2.05, 4.69) is 5.32 Å². The molecule has 1 aromatic carbocycles. The van der Waals surface area contributed by atoms with Crippen LogP contribution in [-0.4, -0.2) is 47.4 Å². The Morgan fingerprint density at radius 3 is 2.56 bits per heavy atom. The first-order valence-electron chi connectivity index (χ1n) is 10.8. The van der Waals surface area contributed by atoms with Crippen LogP contribution >= 0.6 is 11.3 Å². The molecule has 0 bridgehead atoms. The van der Waals surface area contributed by atoms with Gasteiger partial charge in [-0.25, -0.2) is 13.2 Å². The van der Waals surface area contributed by atoms with Crippen molar-refractivity contribution in [2.75, 3.05) is 19.6 Å². The fraction of sp³-hybridized carbons (Fsp3) is 0.455. The van der Waals surface area contributed by atoms with Crippen LogP contribution in [0.3, 0.4) is 0 Å². The number of aromatic nitrogens is 2. The van der Waals surface area contributed by atoms with Crippen LogP contribution in [0.4, 0.5) is 0 Å². The summed E-state index contributed by atoms with van der Waals surface area (Å²) in [6.07, 6.45) is 2.42. The van der Waals surface area contributed by atoms with Crippen molar-refractivity contribution in [1.29, 1.82) is 0 Å². The molecular formula is C22H28N4O4S2. The van der Waals surface area contributed by atoms with Gasteiger partial charge in [0.15, 0.2) is 0 Å². The van der Waals surface area contributed by atoms with E-state index in [4.69, 9.17) is 0 Å². The summed E-state index contributed by atoms with van der Waals surface area (Å²) in [7, 11) is -3.63. The van der Waals surface area contributed by atoms with E-state index in [0.717, 1.165) is 19.3 Å². The Labute approximate surface area is 191 Å². The molecule has 2 aromatic heterocycles. The zero-order valence-corrected chi connectivity index (χ0v) is 19.9. The van der Waals surface area contributed by atoms with E-state index in [1.165, 1.54) is 19.8 Å². The lowest BCUT2D eigenvalue weighted by atomic mass is 10.3. The highest BCUT2D eigenvalue weighted by Crippen LogP contribution is 2.25. The van der Waals surface area contributed by atoms with Crippen molar-refractivity contribution in [3.8, 4) is 0 Å². The van der Waals surface area contributed by atoms with E-state index in [9.17, 15) is 18.0 Å². The van der Waals surface area contributed by atoms with Gasteiger partial charge in [0, 0.05) is 30.6 Å². The molecule has 1 amide bonds. The Morgan fingerprint density at radius 1 is 1.16 bits per heavy atom. The first kappa shape index (κ1) is 22.8. The average molecular weight is 477 g/mol. The van der Waals surface area contributed by atoms with Gasteiger partial charge in [-0.3, -0.25) is 13.9 Å². The summed E-state index contributed by atoms with van der Waals surface area (Å²) < 4.78 is 30.5. The van der Waals surface area contributed by atoms with Gasteiger partial charge in [0.25, 0.3) is 0 Å². The summed E-state index contributed by atoms with van der Waals surface area (Å²) in [4.78, 5) is 27.1. The number of thiophene rings is 1. The van der Waals surface area contributed by atoms with Crippen LogP contribution in [0.2, 0.25) is 0 Å². The molecule has 3 heterocycles. The third-order valence-corrected chi connectivity index (χ3v) is 8.56. The number of amides is 1. The highest BCUT2D eigenvalue weighted by molar-refractivity contribution is 7.89. The van der Waals surface area contributed by atoms with Crippen molar-refractivity contribution in [3.63, 3.8) is 0 Å². The van der Waals surface area contributed by atoms with Crippen molar-refractivity contribution in [2.45, 2.75) is 50.6 Å². The van der Waals surface area contributed by atoms with Crippen LogP contribution in [0.1, 0.15) is 37.6 Å². The normalized spacial score (nSPS) is 15.1. The van der Waals surface area contributed by atoms with Crippen molar-refractivity contribution < 1.29 is 13.2 Å². The molecule has 4 rings (SSSR count). The molecule has 1 aliphatic heterocycles. The van der Waals surface area contributed by atoms with Crippen LogP contribution in [0.15, 0.2) is 45.4 Å². The van der Waals surface area contributed by atoms with Crippen LogP contribution in [0, 0.1) is 0 Å². The largest absolute Gasteiger partial charge is 0.354 e. The van der Waals surface area contributed by atoms with Crippen molar-refractivity contribution in [2.24, 2.45) is 0 Å². The standard InChI is InChI=1S/C22H28N4O4S2/c1-16(2)26-19-8-7-18(32(29,30)24-11-3-4-12-24)14-20(19)25(22(26)28)15-21(27)23-10-9-17-6-5-13-31-17/h5-8,13-14,16H,3-4,9-12,15H2,1-2H3,(H,23,27). The third-order valence-electron chi connectivity index (χ3n) is 5.73. The lowest BCUT2D eigenvalue weighted by molar-refractivity contribution is -0.121. The second-order valence-corrected chi connectivity index (χ2v) is 11.2. The molecule has 0 spiro atoms. The molecule has 172 valence electrons. The fourth-order valence-corrected chi connectivity index (χ4v) is 6.38. The van der Waals surface area contributed by atoms with Gasteiger partial charge < -0.3 is 5.32 Å². The van der Waals surface area contributed by atoms with Crippen LogP contribution in [0.25, 0.3) is 11.0 Å². The van der Waals surface area contributed by atoms with Crippen molar-refractivity contribution in [1.82, 2.24) is 18.8 Å². The molecule has 10 heteroatoms. The maximum absolute atomic E-state index is 13.1. The van der Waals surface area contributed by atoms with Gasteiger partial charge in [0.2, 0.25) is 15.9 Å². The minimum Gasteiger partial charge on any atom is -0.354 e. The second kappa shape index (κ2) is 9.21. The first-order valence-corrected chi connectivity index (χ1v) is 13.1. The van der Waals surface area contributed by atoms with Gasteiger partial charge in [0.1, 0.15) is 6.54 Å². The number of carbonyl (C=O) groups excluding carboxylic acids is 1. The van der Waals surface area contributed by atoms with Gasteiger partial charge in [0.05, 0.1) is 15.9 Å². The molecule has 1 saturated heterocycles. The lowest BCUT2D eigenvalue weighted by Crippen LogP contribution is -2.34. The molecule has 32 heavy (non-hydrogen) atoms. The van der Waals surface area contributed by atoms with E-state index < -0.39 is 10.0 Å². The predicted octanol–water partition coefficient (Wildman–Crippen LogP) is 2.59. The minimum atomic E-state index is -3.63. The predicted molar refractivity (Wildman–Crippen MR) is 126 cm³/mol. The molecule has 1 fully saturated rings. The number of nitrogens with one attached hydrogen (secondary N) is 1. The zero-order chi connectivity index (χ0) is 22.9. The summed E-state index contributed by atoms with van der Waals surface area (Å²) in [6, 6.07) is 8.61. The number of carbonyl (C=O) groups is 1. The van der Waals surface area contributed by atoms with E-state index in [1.807, 2.05) is 31.4 Å². The topological polar surface area (TPSA) is 93.4 Å². The molecule has 0 saturated carbocycles. The van der Waals surface area contributed by atoms with E-state index in [-0.39, 0.29) is 29.1 Å². The number of rotatable bonds is 8. The van der Waals surface area contributed by atoms with Gasteiger partial charge in [-0.05, 0) is 62.8 Å². The Bertz CT molecular complexity index is 1270. The van der Waals surface area contributed by atoms with E-state index in [1.54, 1.807) is 28.0 Å². The van der Waals surface area contributed by atoms with Gasteiger partial charge in [-0.2, -0.15) is 4.31 Å². The smallest absolute Gasteiger partial charge is 0.329 e. The number of sulfonamides is 1. The number of hydrogen-bond donors (Lipinski definition) is 1. The summed E-state index contributed by atoms with van der Waals surface area (Å²) in [6.45, 7) is 5.11. The van der Waals surface area contributed by atoms with Gasteiger partial charge in [-0.15, -0.1) is 11.3 Å². The van der Waals surface area contributed by atoms with Crippen molar-refractivity contribution in [3.05, 3.63) is 51.1 Å². The van der Waals surface area contributed by atoms with Crippen LogP contribution < -0.4 is 11.0 Å². The maximum atomic E-state index is 13.1. The molecular weight excluding hydrogens is 448 g/mol. The van der Waals surface area contributed by atoms with E-state index >= 15 is 0 Å². The molecule has 3 aromatic rings. The molecule has 0 unspecified atom stereocenters. The van der Waals surface area contributed by atoms with Crippen LogP contribution in [0.5, 0.6) is 0 Å². The summed E-state index contributed by atoms with van der Waals surface area (Å²) in [5, 5.41) is 4.85. The Kier molecular flexibility index (Phi) is 6.55. The molecule has 1 N–H and O–H groups in total. The highest BCUT2D eigenvalue weighted by atomic mass is 32.2. The van der Waals surface area contributed by atoms with Gasteiger partial charge >= 0.3 is 5.69 Å². The minimum absolute atomic E-state index is 0.130. The summed E-state index contributed by atoms with van der Waals surface area (Å²) >= 11 is 1.63. The molecule has 0 radical (unpaired) electrons. The summed E-state index contributed by atoms with van der Waals surface area (Å²) in [5.74, 6) is -0.278. The number of hydrogen-bond acceptors (Lipinski definition) is 5. The van der Waals surface area contributed by atoms with Crippen molar-refractivity contribution >= 4 is 38.3 Å². The monoisotopic (exact) mass is 476 g/mol. The Hall–Kier alpha value is -2.43. The molecule has 0 aliphatic carbocycles. The SMILES string of the molecule is CC(C)n1c(=O)n(CC(=O)NCCc2cccs2)c2cc(S(=O)(=O)N3CCCC3)ccc21. The number of nitrogens with zero attached hydrogens (tertiary/aromatic N) is 3. The average Bonchev–Trinajstić information content (AvgIpc) is 3.50.